The summed E-state index contributed by atoms with van der Waals surface area (Å²) in [6.45, 7) is 9.54. The van der Waals surface area contributed by atoms with Crippen LogP contribution in [0.2, 0.25) is 0 Å². The highest BCUT2D eigenvalue weighted by molar-refractivity contribution is 5.97. The molecule has 2 amide bonds. The molecule has 1 rings (SSSR count). The van der Waals surface area contributed by atoms with Crippen molar-refractivity contribution in [1.82, 2.24) is 10.6 Å². The number of rotatable bonds is 5. The first-order valence-electron chi connectivity index (χ1n) is 7.41. The van der Waals surface area contributed by atoms with Crippen LogP contribution in [-0.4, -0.2) is 30.5 Å². The normalized spacial score (nSPS) is 12.7. The maximum atomic E-state index is 12.3. The zero-order valence-corrected chi connectivity index (χ0v) is 14.2. The molecule has 5 heteroatoms. The van der Waals surface area contributed by atoms with E-state index in [4.69, 9.17) is 4.74 Å². The molecule has 5 nitrogen and oxygen atoms in total. The summed E-state index contributed by atoms with van der Waals surface area (Å²) in [6, 6.07) is 6.21. The zero-order chi connectivity index (χ0) is 16.9. The van der Waals surface area contributed by atoms with Gasteiger partial charge in [0, 0.05) is 11.1 Å². The predicted octanol–water partition coefficient (Wildman–Crippen LogP) is 2.36. The van der Waals surface area contributed by atoms with Gasteiger partial charge in [-0.1, -0.05) is 13.8 Å². The van der Waals surface area contributed by atoms with Gasteiger partial charge in [0.2, 0.25) is 5.91 Å². The van der Waals surface area contributed by atoms with Crippen molar-refractivity contribution < 1.29 is 14.3 Å². The summed E-state index contributed by atoms with van der Waals surface area (Å²) in [5.41, 5.74) is 0.157. The Labute approximate surface area is 132 Å². The Bertz CT molecular complexity index is 516. The van der Waals surface area contributed by atoms with Crippen LogP contribution in [0.15, 0.2) is 24.3 Å². The van der Waals surface area contributed by atoms with E-state index in [1.165, 1.54) is 0 Å². The monoisotopic (exact) mass is 306 g/mol. The number of carbonyl (C=O) groups excluding carboxylic acids is 2. The van der Waals surface area contributed by atoms with Crippen LogP contribution >= 0.6 is 0 Å². The molecule has 0 heterocycles. The molecule has 22 heavy (non-hydrogen) atoms. The zero-order valence-electron chi connectivity index (χ0n) is 14.2. The van der Waals surface area contributed by atoms with Crippen molar-refractivity contribution in [3.05, 3.63) is 29.8 Å². The molecule has 1 aromatic carbocycles. The smallest absolute Gasteiger partial charge is 0.251 e. The van der Waals surface area contributed by atoms with Crippen molar-refractivity contribution in [2.45, 2.75) is 46.2 Å². The summed E-state index contributed by atoms with van der Waals surface area (Å²) >= 11 is 0. The maximum Gasteiger partial charge on any atom is 0.251 e. The van der Waals surface area contributed by atoms with Crippen LogP contribution < -0.4 is 15.4 Å². The van der Waals surface area contributed by atoms with Gasteiger partial charge in [0.25, 0.3) is 5.91 Å². The van der Waals surface area contributed by atoms with E-state index >= 15 is 0 Å². The third-order valence-electron chi connectivity index (χ3n) is 3.09. The standard InChI is InChI=1S/C17H26N2O3/c1-11(2)14(16(21)19-17(3,4)5)18-15(20)12-7-9-13(22-6)10-8-12/h7-11,14H,1-6H3,(H,18,20)(H,19,21). The van der Waals surface area contributed by atoms with Gasteiger partial charge in [-0.15, -0.1) is 0 Å². The van der Waals surface area contributed by atoms with E-state index in [1.807, 2.05) is 34.6 Å². The molecule has 1 aromatic rings. The minimum absolute atomic E-state index is 0.00968. The lowest BCUT2D eigenvalue weighted by atomic mass is 10.0. The Kier molecular flexibility index (Phi) is 5.97. The number of methoxy groups -OCH3 is 1. The maximum absolute atomic E-state index is 12.3. The van der Waals surface area contributed by atoms with Crippen molar-refractivity contribution in [2.24, 2.45) is 5.92 Å². The van der Waals surface area contributed by atoms with Gasteiger partial charge in [-0.25, -0.2) is 0 Å². The average molecular weight is 306 g/mol. The van der Waals surface area contributed by atoms with E-state index in [0.717, 1.165) is 0 Å². The molecule has 0 saturated heterocycles. The van der Waals surface area contributed by atoms with Crippen molar-refractivity contribution in [3.8, 4) is 5.75 Å². The summed E-state index contributed by atoms with van der Waals surface area (Å²) < 4.78 is 5.07. The number of nitrogens with one attached hydrogen (secondary N) is 2. The molecule has 0 fully saturated rings. The lowest BCUT2D eigenvalue weighted by molar-refractivity contribution is -0.125. The lowest BCUT2D eigenvalue weighted by Gasteiger charge is -2.27. The van der Waals surface area contributed by atoms with E-state index < -0.39 is 6.04 Å². The molecule has 1 atom stereocenters. The van der Waals surface area contributed by atoms with Gasteiger partial charge in [-0.3, -0.25) is 9.59 Å². The minimum Gasteiger partial charge on any atom is -0.497 e. The van der Waals surface area contributed by atoms with Gasteiger partial charge in [0.1, 0.15) is 11.8 Å². The third kappa shape index (κ3) is 5.39. The number of hydrogen-bond acceptors (Lipinski definition) is 3. The molecular formula is C17H26N2O3. The molecule has 0 aromatic heterocycles. The Morgan fingerprint density at radius 3 is 2.05 bits per heavy atom. The Balaban J connectivity index is 2.81. The fourth-order valence-corrected chi connectivity index (χ4v) is 1.95. The van der Waals surface area contributed by atoms with E-state index in [1.54, 1.807) is 31.4 Å². The van der Waals surface area contributed by atoms with Crippen LogP contribution in [0.3, 0.4) is 0 Å². The minimum atomic E-state index is -0.575. The van der Waals surface area contributed by atoms with Crippen LogP contribution in [0.5, 0.6) is 5.75 Å². The van der Waals surface area contributed by atoms with Crippen LogP contribution in [0.25, 0.3) is 0 Å². The molecule has 0 spiro atoms. The van der Waals surface area contributed by atoms with Gasteiger partial charge in [-0.05, 0) is 51.0 Å². The van der Waals surface area contributed by atoms with Gasteiger partial charge in [0.05, 0.1) is 7.11 Å². The van der Waals surface area contributed by atoms with Crippen molar-refractivity contribution in [1.29, 1.82) is 0 Å². The summed E-state index contributed by atoms with van der Waals surface area (Å²) in [5.74, 6) is 0.224. The summed E-state index contributed by atoms with van der Waals surface area (Å²) in [5, 5.41) is 5.70. The molecule has 2 N–H and O–H groups in total. The van der Waals surface area contributed by atoms with Crippen LogP contribution in [0, 0.1) is 5.92 Å². The first-order chi connectivity index (χ1) is 10.1. The van der Waals surface area contributed by atoms with Gasteiger partial charge in [-0.2, -0.15) is 0 Å². The number of carbonyl (C=O) groups is 2. The van der Waals surface area contributed by atoms with Crippen molar-refractivity contribution in [3.63, 3.8) is 0 Å². The van der Waals surface area contributed by atoms with E-state index in [9.17, 15) is 9.59 Å². The fourth-order valence-electron chi connectivity index (χ4n) is 1.95. The fraction of sp³-hybridized carbons (Fsp3) is 0.529. The summed E-state index contributed by atoms with van der Waals surface area (Å²) in [6.07, 6.45) is 0. The second-order valence-electron chi connectivity index (χ2n) is 6.66. The molecule has 0 aliphatic carbocycles. The van der Waals surface area contributed by atoms with Crippen LogP contribution in [0.4, 0.5) is 0 Å². The topological polar surface area (TPSA) is 67.4 Å². The van der Waals surface area contributed by atoms with Gasteiger partial charge >= 0.3 is 0 Å². The molecule has 0 radical (unpaired) electrons. The molecular weight excluding hydrogens is 280 g/mol. The predicted molar refractivity (Wildman–Crippen MR) is 87.0 cm³/mol. The number of benzene rings is 1. The molecule has 0 bridgehead atoms. The molecule has 1 unspecified atom stereocenters. The molecule has 0 aliphatic rings. The third-order valence-corrected chi connectivity index (χ3v) is 3.09. The van der Waals surface area contributed by atoms with E-state index in [0.29, 0.717) is 11.3 Å². The van der Waals surface area contributed by atoms with E-state index in [-0.39, 0.29) is 23.3 Å². The highest BCUT2D eigenvalue weighted by Crippen LogP contribution is 2.12. The lowest BCUT2D eigenvalue weighted by Crippen LogP contribution is -2.54. The quantitative estimate of drug-likeness (QED) is 0.877. The number of hydrogen-bond donors (Lipinski definition) is 2. The summed E-state index contributed by atoms with van der Waals surface area (Å²) in [4.78, 5) is 24.6. The molecule has 122 valence electrons. The SMILES string of the molecule is COc1ccc(C(=O)NC(C(=O)NC(C)(C)C)C(C)C)cc1. The Morgan fingerprint density at radius 1 is 1.09 bits per heavy atom. The van der Waals surface area contributed by atoms with Gasteiger partial charge in [0.15, 0.2) is 0 Å². The van der Waals surface area contributed by atoms with Crippen molar-refractivity contribution in [2.75, 3.05) is 7.11 Å². The second-order valence-corrected chi connectivity index (χ2v) is 6.66. The first kappa shape index (κ1) is 18.0. The Morgan fingerprint density at radius 2 is 1.64 bits per heavy atom. The highest BCUT2D eigenvalue weighted by Gasteiger charge is 2.27. The highest BCUT2D eigenvalue weighted by atomic mass is 16.5. The van der Waals surface area contributed by atoms with E-state index in [2.05, 4.69) is 10.6 Å². The van der Waals surface area contributed by atoms with Crippen LogP contribution in [0.1, 0.15) is 45.0 Å². The first-order valence-corrected chi connectivity index (χ1v) is 7.41. The largest absolute Gasteiger partial charge is 0.497 e. The average Bonchev–Trinajstić information content (AvgIpc) is 2.42. The Hall–Kier alpha value is -2.04. The number of amides is 2. The summed E-state index contributed by atoms with van der Waals surface area (Å²) in [7, 11) is 1.57. The number of ether oxygens (including phenoxy) is 1. The van der Waals surface area contributed by atoms with Crippen LogP contribution in [-0.2, 0) is 4.79 Å². The molecule has 0 aliphatic heterocycles. The second kappa shape index (κ2) is 7.29. The van der Waals surface area contributed by atoms with Crippen molar-refractivity contribution >= 4 is 11.8 Å². The van der Waals surface area contributed by atoms with Gasteiger partial charge < -0.3 is 15.4 Å². The molecule has 0 saturated carbocycles.